The van der Waals surface area contributed by atoms with E-state index >= 15 is 0 Å². The summed E-state index contributed by atoms with van der Waals surface area (Å²) in [5.41, 5.74) is 1.23. The zero-order chi connectivity index (χ0) is 14.0. The largest absolute Gasteiger partial charge is 0.286 e. The molecule has 0 unspecified atom stereocenters. The van der Waals surface area contributed by atoms with Crippen LogP contribution in [0.1, 0.15) is 28.2 Å². The van der Waals surface area contributed by atoms with Crippen molar-refractivity contribution in [2.75, 3.05) is 5.75 Å². The molecule has 0 fully saturated rings. The lowest BCUT2D eigenvalue weighted by molar-refractivity contribution is 0.480. The molecule has 1 aromatic carbocycles. The van der Waals surface area contributed by atoms with Gasteiger partial charge in [-0.1, -0.05) is 18.2 Å². The standard InChI is InChI=1S/C14H18O3S2/c1-10-13-7-6-12(9-14(13)11(2)18-10)5-3-4-8-19(15,16)17/h6-7,9H,3-5,8H2,1-2H3,(H,15,16,17). The molecular weight excluding hydrogens is 280 g/mol. The Morgan fingerprint density at radius 1 is 1.11 bits per heavy atom. The van der Waals surface area contributed by atoms with Crippen LogP contribution in [-0.4, -0.2) is 18.7 Å². The Morgan fingerprint density at radius 2 is 1.79 bits per heavy atom. The van der Waals surface area contributed by atoms with Crippen molar-refractivity contribution in [3.05, 3.63) is 33.5 Å². The number of hydrogen-bond donors (Lipinski definition) is 1. The SMILES string of the molecule is Cc1sc(C)c2cc(CCCCS(=O)(=O)O)ccc12. The summed E-state index contributed by atoms with van der Waals surface area (Å²) in [5, 5.41) is 2.61. The zero-order valence-corrected chi connectivity index (χ0v) is 12.8. The molecule has 3 nitrogen and oxygen atoms in total. The minimum absolute atomic E-state index is 0.147. The van der Waals surface area contributed by atoms with Crippen LogP contribution in [0.15, 0.2) is 18.2 Å². The summed E-state index contributed by atoms with van der Waals surface area (Å²) >= 11 is 1.81. The van der Waals surface area contributed by atoms with Crippen LogP contribution in [0, 0.1) is 13.8 Å². The predicted molar refractivity (Wildman–Crippen MR) is 80.7 cm³/mol. The molecule has 0 aliphatic heterocycles. The van der Waals surface area contributed by atoms with Crippen molar-refractivity contribution in [2.24, 2.45) is 0 Å². The lowest BCUT2D eigenvalue weighted by Gasteiger charge is -2.02. The van der Waals surface area contributed by atoms with E-state index in [1.165, 1.54) is 26.1 Å². The third-order valence-corrected chi connectivity index (χ3v) is 5.12. The normalized spacial score (nSPS) is 12.2. The fraction of sp³-hybridized carbons (Fsp3) is 0.429. The second-order valence-electron chi connectivity index (χ2n) is 4.84. The van der Waals surface area contributed by atoms with E-state index < -0.39 is 10.1 Å². The van der Waals surface area contributed by atoms with Gasteiger partial charge >= 0.3 is 0 Å². The molecule has 0 aliphatic rings. The Hall–Kier alpha value is -0.910. The Morgan fingerprint density at radius 3 is 2.47 bits per heavy atom. The number of benzene rings is 1. The van der Waals surface area contributed by atoms with Crippen LogP contribution in [0.5, 0.6) is 0 Å². The maximum Gasteiger partial charge on any atom is 0.264 e. The van der Waals surface area contributed by atoms with Crippen LogP contribution in [0.3, 0.4) is 0 Å². The molecule has 1 aromatic heterocycles. The van der Waals surface area contributed by atoms with Gasteiger partial charge in [0.05, 0.1) is 5.75 Å². The van der Waals surface area contributed by atoms with E-state index in [1.54, 1.807) is 0 Å². The summed E-state index contributed by atoms with van der Waals surface area (Å²) in [6, 6.07) is 6.45. The molecule has 2 aromatic rings. The molecular formula is C14H18O3S2. The fourth-order valence-electron chi connectivity index (χ4n) is 2.30. The molecule has 0 radical (unpaired) electrons. The van der Waals surface area contributed by atoms with Crippen molar-refractivity contribution < 1.29 is 13.0 Å². The van der Waals surface area contributed by atoms with Gasteiger partial charge in [0.2, 0.25) is 0 Å². The van der Waals surface area contributed by atoms with E-state index in [0.29, 0.717) is 6.42 Å². The molecule has 104 valence electrons. The van der Waals surface area contributed by atoms with Crippen molar-refractivity contribution in [3.8, 4) is 0 Å². The maximum atomic E-state index is 10.6. The molecule has 5 heteroatoms. The van der Waals surface area contributed by atoms with Gasteiger partial charge in [0.15, 0.2) is 0 Å². The van der Waals surface area contributed by atoms with E-state index in [-0.39, 0.29) is 5.75 Å². The van der Waals surface area contributed by atoms with E-state index in [0.717, 1.165) is 12.8 Å². The Balaban J connectivity index is 2.04. The van der Waals surface area contributed by atoms with Crippen molar-refractivity contribution in [1.29, 1.82) is 0 Å². The second-order valence-corrected chi connectivity index (χ2v) is 7.84. The summed E-state index contributed by atoms with van der Waals surface area (Å²) < 4.78 is 29.9. The van der Waals surface area contributed by atoms with E-state index in [2.05, 4.69) is 32.0 Å². The highest BCUT2D eigenvalue weighted by Crippen LogP contribution is 2.30. The topological polar surface area (TPSA) is 54.4 Å². The van der Waals surface area contributed by atoms with Crippen molar-refractivity contribution in [1.82, 2.24) is 0 Å². The summed E-state index contributed by atoms with van der Waals surface area (Å²) in [6.45, 7) is 4.26. The van der Waals surface area contributed by atoms with Crippen LogP contribution in [0.4, 0.5) is 0 Å². The first kappa shape index (κ1) is 14.5. The quantitative estimate of drug-likeness (QED) is 0.676. The highest BCUT2D eigenvalue weighted by atomic mass is 32.2. The van der Waals surface area contributed by atoms with Crippen LogP contribution < -0.4 is 0 Å². The number of aryl methyl sites for hydroxylation is 3. The first-order chi connectivity index (χ1) is 8.87. The van der Waals surface area contributed by atoms with Crippen LogP contribution in [0.25, 0.3) is 10.8 Å². The molecule has 1 N–H and O–H groups in total. The number of rotatable bonds is 5. The molecule has 0 bridgehead atoms. The average molecular weight is 298 g/mol. The molecule has 0 saturated carbocycles. The van der Waals surface area contributed by atoms with E-state index in [9.17, 15) is 8.42 Å². The van der Waals surface area contributed by atoms with Crippen molar-refractivity contribution in [3.63, 3.8) is 0 Å². The van der Waals surface area contributed by atoms with Gasteiger partial charge < -0.3 is 0 Å². The number of thiophene rings is 1. The third kappa shape index (κ3) is 3.78. The fourth-order valence-corrected chi connectivity index (χ4v) is 3.89. The van der Waals surface area contributed by atoms with Gasteiger partial charge in [-0.25, -0.2) is 0 Å². The first-order valence-corrected chi connectivity index (χ1v) is 8.73. The zero-order valence-electron chi connectivity index (χ0n) is 11.1. The predicted octanol–water partition coefficient (Wildman–Crippen LogP) is 3.73. The van der Waals surface area contributed by atoms with E-state index in [4.69, 9.17) is 4.55 Å². The highest BCUT2D eigenvalue weighted by Gasteiger charge is 2.07. The summed E-state index contributed by atoms with van der Waals surface area (Å²) in [6.07, 6.45) is 2.12. The van der Waals surface area contributed by atoms with Gasteiger partial charge in [-0.05, 0) is 49.4 Å². The number of hydrogen-bond acceptors (Lipinski definition) is 3. The molecule has 0 spiro atoms. The summed E-state index contributed by atoms with van der Waals surface area (Å²) in [5.74, 6) is -0.147. The molecule has 19 heavy (non-hydrogen) atoms. The summed E-state index contributed by atoms with van der Waals surface area (Å²) in [7, 11) is -3.81. The average Bonchev–Trinajstić information content (AvgIpc) is 2.59. The molecule has 0 saturated heterocycles. The first-order valence-electron chi connectivity index (χ1n) is 6.30. The second kappa shape index (κ2) is 5.61. The van der Waals surface area contributed by atoms with Gasteiger partial charge in [0.1, 0.15) is 0 Å². The highest BCUT2D eigenvalue weighted by molar-refractivity contribution is 7.85. The minimum atomic E-state index is -3.81. The van der Waals surface area contributed by atoms with Gasteiger partial charge in [-0.3, -0.25) is 4.55 Å². The van der Waals surface area contributed by atoms with Crippen LogP contribution >= 0.6 is 11.3 Å². The van der Waals surface area contributed by atoms with Crippen molar-refractivity contribution >= 4 is 32.2 Å². The summed E-state index contributed by atoms with van der Waals surface area (Å²) in [4.78, 5) is 2.66. The Bertz CT molecular complexity index is 684. The molecule has 0 aliphatic carbocycles. The third-order valence-electron chi connectivity index (χ3n) is 3.27. The van der Waals surface area contributed by atoms with Gasteiger partial charge in [0.25, 0.3) is 10.1 Å². The Kier molecular flexibility index (Phi) is 4.28. The maximum absolute atomic E-state index is 10.6. The van der Waals surface area contributed by atoms with Crippen LogP contribution in [0.2, 0.25) is 0 Å². The van der Waals surface area contributed by atoms with Gasteiger partial charge in [0, 0.05) is 9.75 Å². The number of fused-ring (bicyclic) bond motifs is 1. The minimum Gasteiger partial charge on any atom is -0.286 e. The molecule has 0 atom stereocenters. The lowest BCUT2D eigenvalue weighted by atomic mass is 10.0. The smallest absolute Gasteiger partial charge is 0.264 e. The van der Waals surface area contributed by atoms with Gasteiger partial charge in [-0.15, -0.1) is 11.3 Å². The van der Waals surface area contributed by atoms with E-state index in [1.807, 2.05) is 11.3 Å². The van der Waals surface area contributed by atoms with Crippen molar-refractivity contribution in [2.45, 2.75) is 33.1 Å². The molecule has 2 rings (SSSR count). The molecule has 1 heterocycles. The molecule has 0 amide bonds. The monoisotopic (exact) mass is 298 g/mol. The number of unbranched alkanes of at least 4 members (excludes halogenated alkanes) is 1. The van der Waals surface area contributed by atoms with Gasteiger partial charge in [-0.2, -0.15) is 8.42 Å². The van der Waals surface area contributed by atoms with Crippen LogP contribution in [-0.2, 0) is 16.5 Å². The Labute approximate surface area is 118 Å². The lowest BCUT2D eigenvalue weighted by Crippen LogP contribution is -2.03.